The highest BCUT2D eigenvalue weighted by Crippen LogP contribution is 1.99. The molecule has 3 heteroatoms. The Hall–Kier alpha value is -0.730. The summed E-state index contributed by atoms with van der Waals surface area (Å²) in [5.74, 6) is 0. The van der Waals surface area contributed by atoms with Crippen molar-refractivity contribution >= 4 is 5.71 Å². The summed E-state index contributed by atoms with van der Waals surface area (Å²) in [6, 6.07) is 0. The molecule has 3 nitrogen and oxygen atoms in total. The second-order valence-corrected chi connectivity index (χ2v) is 1.81. The molecule has 1 aliphatic rings. The van der Waals surface area contributed by atoms with Gasteiger partial charge in [0.2, 0.25) is 0 Å². The van der Waals surface area contributed by atoms with Gasteiger partial charge in [-0.1, -0.05) is 13.3 Å². The quantitative estimate of drug-likeness (QED) is 0.519. The van der Waals surface area contributed by atoms with Gasteiger partial charge < -0.3 is 0 Å². The zero-order valence-electron chi connectivity index (χ0n) is 4.96. The fraction of sp³-hybridized carbons (Fsp3) is 0.800. The molecule has 0 N–H and O–H groups in total. The maximum atomic E-state index is 3.80. The van der Waals surface area contributed by atoms with Gasteiger partial charge >= 0.3 is 0 Å². The third-order valence-electron chi connectivity index (χ3n) is 1.04. The summed E-state index contributed by atoms with van der Waals surface area (Å²) in [5, 5.41) is 11.0. The van der Waals surface area contributed by atoms with Crippen LogP contribution in [0.1, 0.15) is 19.8 Å². The van der Waals surface area contributed by atoms with Gasteiger partial charge in [0, 0.05) is 0 Å². The molecule has 0 aromatic rings. The fourth-order valence-electron chi connectivity index (χ4n) is 0.657. The molecule has 0 fully saturated rings. The van der Waals surface area contributed by atoms with Crippen molar-refractivity contribution in [1.29, 1.82) is 0 Å². The lowest BCUT2D eigenvalue weighted by Gasteiger charge is -1.88. The van der Waals surface area contributed by atoms with Gasteiger partial charge in [0.1, 0.15) is 6.54 Å². The van der Waals surface area contributed by atoms with Gasteiger partial charge in [-0.25, -0.2) is 0 Å². The maximum absolute atomic E-state index is 3.80. The Balaban J connectivity index is 2.28. The summed E-state index contributed by atoms with van der Waals surface area (Å²) in [4.78, 5) is 0. The van der Waals surface area contributed by atoms with Crippen molar-refractivity contribution in [2.75, 3.05) is 6.54 Å². The normalized spacial score (nSPS) is 16.9. The van der Waals surface area contributed by atoms with Crippen LogP contribution in [-0.4, -0.2) is 12.3 Å². The van der Waals surface area contributed by atoms with Gasteiger partial charge in [-0.05, 0) is 11.6 Å². The molecule has 8 heavy (non-hydrogen) atoms. The molecule has 0 atom stereocenters. The van der Waals surface area contributed by atoms with Crippen LogP contribution in [-0.2, 0) is 0 Å². The first-order valence-corrected chi connectivity index (χ1v) is 2.85. The van der Waals surface area contributed by atoms with Crippen molar-refractivity contribution in [2.24, 2.45) is 15.4 Å². The van der Waals surface area contributed by atoms with Gasteiger partial charge in [0.15, 0.2) is 0 Å². The minimum absolute atomic E-state index is 0.730. The minimum Gasteiger partial charge on any atom is -0.163 e. The first-order valence-electron chi connectivity index (χ1n) is 2.85. The van der Waals surface area contributed by atoms with Crippen molar-refractivity contribution < 1.29 is 0 Å². The Kier molecular flexibility index (Phi) is 1.72. The van der Waals surface area contributed by atoms with E-state index in [0.717, 1.165) is 25.1 Å². The molecule has 0 aliphatic carbocycles. The van der Waals surface area contributed by atoms with E-state index in [9.17, 15) is 0 Å². The number of rotatable bonds is 2. The first-order chi connectivity index (χ1) is 3.93. The van der Waals surface area contributed by atoms with E-state index in [1.165, 1.54) is 0 Å². The third kappa shape index (κ3) is 1.12. The van der Waals surface area contributed by atoms with Crippen molar-refractivity contribution in [3.05, 3.63) is 0 Å². The monoisotopic (exact) mass is 111 g/mol. The van der Waals surface area contributed by atoms with Gasteiger partial charge in [-0.2, -0.15) is 5.11 Å². The zero-order valence-corrected chi connectivity index (χ0v) is 4.96. The average molecular weight is 111 g/mol. The smallest absolute Gasteiger partial charge is 0.102 e. The SMILES string of the molecule is CCCC1=NN=NC1. The molecule has 1 aliphatic heterocycles. The van der Waals surface area contributed by atoms with Crippen molar-refractivity contribution in [3.63, 3.8) is 0 Å². The molecule has 0 bridgehead atoms. The first kappa shape index (κ1) is 5.41. The van der Waals surface area contributed by atoms with Gasteiger partial charge in [-0.15, -0.1) is 5.10 Å². The van der Waals surface area contributed by atoms with Crippen LogP contribution in [0.5, 0.6) is 0 Å². The fourth-order valence-corrected chi connectivity index (χ4v) is 0.657. The lowest BCUT2D eigenvalue weighted by molar-refractivity contribution is 0.982. The van der Waals surface area contributed by atoms with Crippen LogP contribution in [0.2, 0.25) is 0 Å². The molecule has 0 spiro atoms. The Bertz CT molecular complexity index is 126. The van der Waals surface area contributed by atoms with E-state index in [1.54, 1.807) is 0 Å². The van der Waals surface area contributed by atoms with E-state index >= 15 is 0 Å². The molecule has 1 heterocycles. The number of nitrogens with zero attached hydrogens (tertiary/aromatic N) is 3. The van der Waals surface area contributed by atoms with E-state index in [2.05, 4.69) is 22.4 Å². The minimum atomic E-state index is 0.730. The Labute approximate surface area is 48.5 Å². The van der Waals surface area contributed by atoms with E-state index in [-0.39, 0.29) is 0 Å². The zero-order chi connectivity index (χ0) is 5.82. The van der Waals surface area contributed by atoms with Crippen molar-refractivity contribution in [3.8, 4) is 0 Å². The molecular weight excluding hydrogens is 102 g/mol. The van der Waals surface area contributed by atoms with Crippen molar-refractivity contribution in [1.82, 2.24) is 0 Å². The van der Waals surface area contributed by atoms with Crippen LogP contribution < -0.4 is 0 Å². The predicted octanol–water partition coefficient (Wildman–Crippen LogP) is 1.61. The number of hydrogen-bond acceptors (Lipinski definition) is 3. The molecule has 0 aromatic heterocycles. The van der Waals surface area contributed by atoms with Crippen LogP contribution >= 0.6 is 0 Å². The summed E-state index contributed by atoms with van der Waals surface area (Å²) < 4.78 is 0. The third-order valence-corrected chi connectivity index (χ3v) is 1.04. The summed E-state index contributed by atoms with van der Waals surface area (Å²) in [6.45, 7) is 2.86. The largest absolute Gasteiger partial charge is 0.163 e. The highest BCUT2D eigenvalue weighted by molar-refractivity contribution is 5.86. The van der Waals surface area contributed by atoms with E-state index in [1.807, 2.05) is 0 Å². The molecule has 0 aromatic carbocycles. The van der Waals surface area contributed by atoms with Gasteiger partial charge in [0.25, 0.3) is 0 Å². The molecule has 0 saturated heterocycles. The Morgan fingerprint density at radius 3 is 3.00 bits per heavy atom. The maximum Gasteiger partial charge on any atom is 0.102 e. The van der Waals surface area contributed by atoms with Crippen LogP contribution in [0.15, 0.2) is 15.4 Å². The van der Waals surface area contributed by atoms with Crippen LogP contribution in [0.3, 0.4) is 0 Å². The van der Waals surface area contributed by atoms with E-state index in [4.69, 9.17) is 0 Å². The summed E-state index contributed by atoms with van der Waals surface area (Å²) in [6.07, 6.45) is 2.19. The predicted molar refractivity (Wildman–Crippen MR) is 32.1 cm³/mol. The Morgan fingerprint density at radius 1 is 1.62 bits per heavy atom. The highest BCUT2D eigenvalue weighted by atomic mass is 15.4. The van der Waals surface area contributed by atoms with Gasteiger partial charge in [-0.3, -0.25) is 0 Å². The molecule has 0 unspecified atom stereocenters. The lowest BCUT2D eigenvalue weighted by atomic mass is 10.2. The summed E-state index contributed by atoms with van der Waals surface area (Å²) in [7, 11) is 0. The average Bonchev–Trinajstić information content (AvgIpc) is 2.19. The summed E-state index contributed by atoms with van der Waals surface area (Å²) in [5.41, 5.74) is 1.12. The van der Waals surface area contributed by atoms with Crippen LogP contribution in [0.4, 0.5) is 0 Å². The van der Waals surface area contributed by atoms with Crippen LogP contribution in [0, 0.1) is 0 Å². The molecule has 1 rings (SSSR count). The molecule has 0 radical (unpaired) electrons. The van der Waals surface area contributed by atoms with Crippen molar-refractivity contribution in [2.45, 2.75) is 19.8 Å². The highest BCUT2D eigenvalue weighted by Gasteiger charge is 1.99. The van der Waals surface area contributed by atoms with Crippen LogP contribution in [0.25, 0.3) is 0 Å². The molecule has 0 amide bonds. The molecular formula is C5H9N3. The lowest BCUT2D eigenvalue weighted by Crippen LogP contribution is -1.96. The topological polar surface area (TPSA) is 37.1 Å². The van der Waals surface area contributed by atoms with E-state index < -0.39 is 0 Å². The second kappa shape index (κ2) is 2.55. The number of hydrogen-bond donors (Lipinski definition) is 0. The standard InChI is InChI=1S/C5H9N3/c1-2-3-5-4-6-8-7-5/h2-4H2,1H3. The van der Waals surface area contributed by atoms with Gasteiger partial charge in [0.05, 0.1) is 5.71 Å². The molecule has 0 saturated carbocycles. The Morgan fingerprint density at radius 2 is 2.50 bits per heavy atom. The summed E-state index contributed by atoms with van der Waals surface area (Å²) >= 11 is 0. The molecule has 44 valence electrons. The second-order valence-electron chi connectivity index (χ2n) is 1.81. The van der Waals surface area contributed by atoms with E-state index in [0.29, 0.717) is 0 Å².